The molecule has 1 spiro atoms. The molecule has 4 saturated carbocycles. The molecule has 0 amide bonds. The van der Waals surface area contributed by atoms with Crippen molar-refractivity contribution in [2.75, 3.05) is 6.61 Å². The van der Waals surface area contributed by atoms with Gasteiger partial charge >= 0.3 is 17.9 Å². The average Bonchev–Trinajstić information content (AvgIpc) is 3.42. The van der Waals surface area contributed by atoms with Crippen LogP contribution in [-0.2, 0) is 55.6 Å². The first-order valence-electron chi connectivity index (χ1n) is 21.0. The fourth-order valence-electron chi connectivity index (χ4n) is 11.4. The molecule has 5 aliphatic rings. The molecule has 1 aliphatic heterocycles. The van der Waals surface area contributed by atoms with E-state index >= 15 is 0 Å². The summed E-state index contributed by atoms with van der Waals surface area (Å²) in [6, 6.07) is 13.1. The molecule has 18 nitrogen and oxygen atoms in total. The third kappa shape index (κ3) is 10.1. The molecule has 2 aromatic rings. The van der Waals surface area contributed by atoms with Crippen molar-refractivity contribution in [1.29, 1.82) is 0 Å². The van der Waals surface area contributed by atoms with Gasteiger partial charge < -0.3 is 34.3 Å². The number of carbonyl (C=O) groups is 3. The minimum Gasteiger partial charge on any atom is -0.508 e. The van der Waals surface area contributed by atoms with E-state index < -0.39 is 84.2 Å². The van der Waals surface area contributed by atoms with Crippen molar-refractivity contribution in [2.45, 2.75) is 115 Å². The number of carboxylic acids is 1. The molecular formula is C43H54O18S2. The van der Waals surface area contributed by atoms with Crippen LogP contribution in [0.25, 0.3) is 11.1 Å². The summed E-state index contributed by atoms with van der Waals surface area (Å²) in [6.45, 7) is 9.47. The highest BCUT2D eigenvalue weighted by molar-refractivity contribution is 7.90. The number of aromatic hydroxyl groups is 1. The molecule has 4 aliphatic carbocycles. The molecule has 346 valence electrons. The van der Waals surface area contributed by atoms with Crippen molar-refractivity contribution in [2.24, 2.45) is 40.4 Å². The molecular weight excluding hydrogens is 869 g/mol. The van der Waals surface area contributed by atoms with Crippen molar-refractivity contribution >= 4 is 42.6 Å². The van der Waals surface area contributed by atoms with E-state index in [1.54, 1.807) is 48.5 Å². The zero-order chi connectivity index (χ0) is 45.1. The molecule has 2 aromatic carbocycles. The Morgan fingerprint density at radius 2 is 1.56 bits per heavy atom. The monoisotopic (exact) mass is 922 g/mol. The molecule has 0 aromatic heterocycles. The number of esters is 2. The van der Waals surface area contributed by atoms with Crippen LogP contribution in [-0.4, -0.2) is 93.3 Å². The lowest BCUT2D eigenvalue weighted by Gasteiger charge is -2.62. The molecule has 0 radical (unpaired) electrons. The Morgan fingerprint density at radius 3 is 2.19 bits per heavy atom. The van der Waals surface area contributed by atoms with Crippen LogP contribution in [0.5, 0.6) is 5.75 Å². The van der Waals surface area contributed by atoms with E-state index in [2.05, 4.69) is 32.2 Å². The number of benzene rings is 2. The van der Waals surface area contributed by atoms with Gasteiger partial charge in [-0.05, 0) is 115 Å². The second kappa shape index (κ2) is 20.4. The van der Waals surface area contributed by atoms with Crippen LogP contribution in [0.4, 0.5) is 0 Å². The number of phenolic OH excluding ortho intramolecular Hbond substituents is 1. The first-order chi connectivity index (χ1) is 30.2. The first kappa shape index (κ1) is 47.6. The van der Waals surface area contributed by atoms with Crippen molar-refractivity contribution in [3.8, 4) is 16.9 Å². The van der Waals surface area contributed by atoms with Crippen LogP contribution < -0.4 is 0 Å². The Kier molecular flexibility index (Phi) is 15.4. The molecule has 63 heavy (non-hydrogen) atoms. The number of carbonyl (C=O) groups excluding carboxylic acids is 2. The van der Waals surface area contributed by atoms with Gasteiger partial charge in [-0.1, -0.05) is 61.7 Å². The third-order valence-corrected chi connectivity index (χ3v) is 14.8. The van der Waals surface area contributed by atoms with E-state index in [-0.39, 0.29) is 72.5 Å². The Morgan fingerprint density at radius 1 is 0.905 bits per heavy atom. The van der Waals surface area contributed by atoms with E-state index in [1.165, 1.54) is 0 Å². The summed E-state index contributed by atoms with van der Waals surface area (Å²) in [6.07, 6.45) is -4.39. The lowest BCUT2D eigenvalue weighted by Crippen LogP contribution is -2.63. The maximum absolute atomic E-state index is 13.5. The van der Waals surface area contributed by atoms with E-state index in [1.807, 2.05) is 13.8 Å². The van der Waals surface area contributed by atoms with E-state index in [9.17, 15) is 29.7 Å². The summed E-state index contributed by atoms with van der Waals surface area (Å²) >= 11 is 0.286. The summed E-state index contributed by atoms with van der Waals surface area (Å²) in [5, 5.41) is 57.4. The van der Waals surface area contributed by atoms with Gasteiger partial charge in [0.15, 0.2) is 37.0 Å². The van der Waals surface area contributed by atoms with Gasteiger partial charge in [0, 0.05) is 11.8 Å². The molecule has 10 unspecified atom stereocenters. The average molecular weight is 923 g/mol. The number of ether oxygens (including phenoxy) is 4. The van der Waals surface area contributed by atoms with E-state index in [0.29, 0.717) is 19.3 Å². The largest absolute Gasteiger partial charge is 0.508 e. The second-order valence-electron chi connectivity index (χ2n) is 17.9. The maximum atomic E-state index is 13.5. The van der Waals surface area contributed by atoms with Gasteiger partial charge in [-0.15, -0.1) is 8.67 Å². The van der Waals surface area contributed by atoms with Gasteiger partial charge in [0.1, 0.15) is 30.7 Å². The zero-order valence-electron chi connectivity index (χ0n) is 35.0. The quantitative estimate of drug-likeness (QED) is 0.0188. The van der Waals surface area contributed by atoms with Gasteiger partial charge in [0.2, 0.25) is 0 Å². The number of phenols is 1. The number of hydrogen-bond acceptors (Lipinski definition) is 19. The molecule has 5 fully saturated rings. The topological polar surface area (TPSA) is 245 Å². The Hall–Kier alpha value is -3.35. The maximum Gasteiger partial charge on any atom is 0.338 e. The zero-order valence-corrected chi connectivity index (χ0v) is 36.6. The number of rotatable bonds is 18. The number of carboxylic acid groups (broad SMARTS) is 1. The van der Waals surface area contributed by atoms with Gasteiger partial charge in [-0.3, -0.25) is 18.0 Å². The van der Waals surface area contributed by atoms with Crippen molar-refractivity contribution < 1.29 is 86.3 Å². The predicted octanol–water partition coefficient (Wildman–Crippen LogP) is 7.27. The van der Waals surface area contributed by atoms with Gasteiger partial charge in [-0.25, -0.2) is 15.3 Å². The predicted molar refractivity (Wildman–Crippen MR) is 221 cm³/mol. The number of fused-ring (bicyclic) bond motifs is 3. The van der Waals surface area contributed by atoms with Gasteiger partial charge in [0.05, 0.1) is 23.7 Å². The number of aliphatic carboxylic acids is 1. The van der Waals surface area contributed by atoms with Crippen molar-refractivity contribution in [3.05, 3.63) is 66.2 Å². The lowest BCUT2D eigenvalue weighted by molar-refractivity contribution is -0.436. The summed E-state index contributed by atoms with van der Waals surface area (Å²) < 4.78 is 45.7. The van der Waals surface area contributed by atoms with Crippen molar-refractivity contribution in [1.82, 2.24) is 0 Å². The smallest absolute Gasteiger partial charge is 0.338 e. The van der Waals surface area contributed by atoms with Crippen LogP contribution in [0.2, 0.25) is 0 Å². The molecule has 2 bridgehead atoms. The van der Waals surface area contributed by atoms with Crippen molar-refractivity contribution in [3.63, 3.8) is 0 Å². The third-order valence-electron chi connectivity index (χ3n) is 14.0. The highest BCUT2D eigenvalue weighted by Gasteiger charge is 2.67. The molecule has 1 heterocycles. The summed E-state index contributed by atoms with van der Waals surface area (Å²) in [7, 11) is 0. The van der Waals surface area contributed by atoms with Gasteiger partial charge in [-0.2, -0.15) is 0 Å². The Balaban J connectivity index is 1.19. The molecule has 13 atom stereocenters. The minimum atomic E-state index is -1.50. The number of aliphatic hydroxyl groups is 1. The van der Waals surface area contributed by atoms with Gasteiger partial charge in [0.25, 0.3) is 0 Å². The minimum absolute atomic E-state index is 0.0246. The molecule has 1 saturated heterocycles. The molecule has 5 N–H and O–H groups in total. The van der Waals surface area contributed by atoms with E-state index in [4.69, 9.17) is 37.8 Å². The fourth-order valence-corrected chi connectivity index (χ4v) is 12.1. The number of hydrogen-bond donors (Lipinski definition) is 5. The van der Waals surface area contributed by atoms with Crippen LogP contribution >= 0.6 is 24.6 Å². The Bertz CT molecular complexity index is 1920. The summed E-state index contributed by atoms with van der Waals surface area (Å²) in [5.41, 5.74) is 1.59. The SMILES string of the molecule is C=C1C2CCC3C4(C)CC(OC5O[C@H](COC(=O)c6ccc(-c7ccc(O)cc7)cc6)[C@@H](OSOOO)C(OSOOO)C5OC(=O)CC(C)C)CC(C(=O)O)C4CCC3(C2)[C@H]1O. The van der Waals surface area contributed by atoms with Crippen LogP contribution in [0.1, 0.15) is 82.5 Å². The fraction of sp³-hybridized carbons (Fsp3) is 0.605. The standard InChI is InChI=1S/C43H54O18S2/c1-22(2)17-34(45)55-37-36(57-63-61-59-51)35(56-62-60-58-50)32(21-52-40(49)26-7-5-24(6-8-26)25-9-12-28(44)13-10-25)54-41(37)53-29-18-30(39(47)48)31-15-16-43-19-27(23(3)38(43)46)11-14-33(43)42(31,4)20-29/h5-10,12-13,22,27,29-33,35-38,41,44,46,50-51H,3,11,14-21H2,1-2,4H3,(H,47,48)/t27?,29?,30?,31?,32-,33?,35-,36?,37?,38+,41?,42?,43?/m1/s1. The summed E-state index contributed by atoms with van der Waals surface area (Å²) in [5.74, 6) is -3.25. The molecule has 7 rings (SSSR count). The number of aliphatic hydroxyl groups excluding tert-OH is 1. The highest BCUT2D eigenvalue weighted by atomic mass is 32.2. The second-order valence-corrected chi connectivity index (χ2v) is 18.8. The summed E-state index contributed by atoms with van der Waals surface area (Å²) in [4.78, 5) is 40.1. The van der Waals surface area contributed by atoms with Crippen LogP contribution in [0.3, 0.4) is 0 Å². The van der Waals surface area contributed by atoms with Crippen LogP contribution in [0.15, 0.2) is 60.7 Å². The van der Waals surface area contributed by atoms with E-state index in [0.717, 1.165) is 36.0 Å². The lowest BCUT2D eigenvalue weighted by atomic mass is 9.43. The molecule has 20 heteroatoms. The van der Waals surface area contributed by atoms with Crippen LogP contribution in [0, 0.1) is 40.4 Å². The Labute approximate surface area is 372 Å². The first-order valence-corrected chi connectivity index (χ1v) is 22.3. The highest BCUT2D eigenvalue weighted by Crippen LogP contribution is 2.70. The normalized spacial score (nSPS) is 34.8.